The number of rotatable bonds is 5. The molecule has 5 heteroatoms. The van der Waals surface area contributed by atoms with Gasteiger partial charge in [0.05, 0.1) is 11.5 Å². The van der Waals surface area contributed by atoms with Crippen LogP contribution in [0.15, 0.2) is 30.3 Å². The van der Waals surface area contributed by atoms with Crippen LogP contribution in [0.2, 0.25) is 0 Å². The zero-order chi connectivity index (χ0) is 18.6. The number of amides is 1. The maximum absolute atomic E-state index is 11.0. The van der Waals surface area contributed by atoms with Gasteiger partial charge in [-0.05, 0) is 56.6 Å². The first-order valence-corrected chi connectivity index (χ1v) is 9.78. The molecule has 5 nitrogen and oxygen atoms in total. The Labute approximate surface area is 156 Å². The van der Waals surface area contributed by atoms with Crippen molar-refractivity contribution in [2.75, 3.05) is 13.1 Å². The van der Waals surface area contributed by atoms with E-state index in [-0.39, 0.29) is 11.5 Å². The lowest BCUT2D eigenvalue weighted by Crippen LogP contribution is -2.43. The van der Waals surface area contributed by atoms with Gasteiger partial charge >= 0.3 is 6.09 Å². The van der Waals surface area contributed by atoms with Gasteiger partial charge in [-0.25, -0.2) is 4.79 Å². The van der Waals surface area contributed by atoms with Gasteiger partial charge in [0.1, 0.15) is 0 Å². The first-order valence-electron chi connectivity index (χ1n) is 9.78. The summed E-state index contributed by atoms with van der Waals surface area (Å²) in [5, 5.41) is 21.6. The highest BCUT2D eigenvalue weighted by Crippen LogP contribution is 2.41. The molecule has 26 heavy (non-hydrogen) atoms. The van der Waals surface area contributed by atoms with Crippen molar-refractivity contribution in [2.45, 2.75) is 62.9 Å². The number of carboxylic acid groups (broad SMARTS) is 1. The lowest BCUT2D eigenvalue weighted by atomic mass is 9.69. The van der Waals surface area contributed by atoms with Crippen molar-refractivity contribution in [1.29, 1.82) is 5.26 Å². The van der Waals surface area contributed by atoms with Gasteiger partial charge < -0.3 is 15.3 Å². The zero-order valence-electron chi connectivity index (χ0n) is 15.5. The lowest BCUT2D eigenvalue weighted by molar-refractivity contribution is 0.154. The van der Waals surface area contributed by atoms with Gasteiger partial charge in [-0.2, -0.15) is 5.26 Å². The third kappa shape index (κ3) is 3.86. The highest BCUT2D eigenvalue weighted by atomic mass is 16.4. The maximum Gasteiger partial charge on any atom is 0.404 e. The normalized spacial score (nSPS) is 30.5. The second kappa shape index (κ2) is 8.09. The van der Waals surface area contributed by atoms with Crippen LogP contribution in [0.4, 0.5) is 4.79 Å². The van der Waals surface area contributed by atoms with Gasteiger partial charge in [-0.3, -0.25) is 0 Å². The molecule has 1 unspecified atom stereocenters. The quantitative estimate of drug-likeness (QED) is 0.843. The van der Waals surface area contributed by atoms with Crippen LogP contribution in [0.3, 0.4) is 0 Å². The summed E-state index contributed by atoms with van der Waals surface area (Å²) in [6.45, 7) is 4.05. The van der Waals surface area contributed by atoms with Gasteiger partial charge in [0.25, 0.3) is 0 Å². The van der Waals surface area contributed by atoms with E-state index in [1.165, 1.54) is 0 Å². The summed E-state index contributed by atoms with van der Waals surface area (Å²) in [6, 6.07) is 13.4. The summed E-state index contributed by atoms with van der Waals surface area (Å²) < 4.78 is 0. The van der Waals surface area contributed by atoms with Gasteiger partial charge in [0, 0.05) is 18.6 Å². The minimum atomic E-state index is -0.922. The molecule has 140 valence electrons. The highest BCUT2D eigenvalue weighted by molar-refractivity contribution is 5.64. The van der Waals surface area contributed by atoms with E-state index >= 15 is 0 Å². The number of likely N-dealkylation sites (tertiary alicyclic amines) is 1. The molecule has 1 aromatic rings. The van der Waals surface area contributed by atoms with Crippen LogP contribution in [0.1, 0.15) is 51.0 Å². The minimum Gasteiger partial charge on any atom is -0.465 e. The van der Waals surface area contributed by atoms with Crippen molar-refractivity contribution in [3.8, 4) is 6.07 Å². The van der Waals surface area contributed by atoms with E-state index in [1.54, 1.807) is 0 Å². The fourth-order valence-corrected chi connectivity index (χ4v) is 4.87. The molecule has 2 atom stereocenters. The van der Waals surface area contributed by atoms with E-state index in [9.17, 15) is 10.1 Å². The summed E-state index contributed by atoms with van der Waals surface area (Å²) >= 11 is 0. The molecule has 3 rings (SSSR count). The fourth-order valence-electron chi connectivity index (χ4n) is 4.87. The maximum atomic E-state index is 11.0. The molecule has 0 spiro atoms. The fraction of sp³-hybridized carbons (Fsp3) is 0.619. The molecule has 2 fully saturated rings. The number of carbonyl (C=O) groups is 1. The number of nitrogens with zero attached hydrogens (tertiary/aromatic N) is 2. The Bertz CT molecular complexity index is 647. The molecule has 1 aliphatic heterocycles. The van der Waals surface area contributed by atoms with Crippen molar-refractivity contribution < 1.29 is 9.90 Å². The number of nitrogens with one attached hydrogen (secondary N) is 1. The molecule has 1 amide bonds. The van der Waals surface area contributed by atoms with Crippen LogP contribution < -0.4 is 5.32 Å². The summed E-state index contributed by atoms with van der Waals surface area (Å²) in [5.41, 5.74) is 0.810. The van der Waals surface area contributed by atoms with Crippen molar-refractivity contribution in [2.24, 2.45) is 5.92 Å². The molecular weight excluding hydrogens is 326 g/mol. The Kier molecular flexibility index (Phi) is 5.83. The molecule has 1 saturated carbocycles. The molecule has 1 aliphatic carbocycles. The molecule has 0 bridgehead atoms. The molecule has 0 radical (unpaired) electrons. The topological polar surface area (TPSA) is 76.4 Å². The van der Waals surface area contributed by atoms with Crippen LogP contribution in [0, 0.1) is 17.2 Å². The van der Waals surface area contributed by atoms with Crippen LogP contribution in [-0.4, -0.2) is 41.3 Å². The smallest absolute Gasteiger partial charge is 0.404 e. The summed E-state index contributed by atoms with van der Waals surface area (Å²) in [6.07, 6.45) is 4.86. The Morgan fingerprint density at radius 3 is 2.62 bits per heavy atom. The molecule has 0 aromatic heterocycles. The summed E-state index contributed by atoms with van der Waals surface area (Å²) in [5.74, 6) is 0.396. The standard InChI is InChI=1S/C21H29N3O2/c1-2-19(23-20(25)26)16-10-13-24(14-16)18-8-11-21(15-22,12-9-18)17-6-4-3-5-7-17/h3-7,16,18-19,23H,2,8-14H2,1H3,(H,25,26)/t16-,18?,19?,21?/m1/s1. The van der Waals surface area contributed by atoms with E-state index < -0.39 is 6.09 Å². The van der Waals surface area contributed by atoms with Crippen LogP contribution >= 0.6 is 0 Å². The first-order chi connectivity index (χ1) is 12.6. The number of hydrogen-bond donors (Lipinski definition) is 2. The zero-order valence-corrected chi connectivity index (χ0v) is 15.5. The largest absolute Gasteiger partial charge is 0.465 e. The number of nitriles is 1. The van der Waals surface area contributed by atoms with E-state index in [1.807, 2.05) is 25.1 Å². The third-order valence-corrected chi connectivity index (χ3v) is 6.44. The van der Waals surface area contributed by atoms with Crippen molar-refractivity contribution >= 4 is 6.09 Å². The van der Waals surface area contributed by atoms with E-state index in [0.29, 0.717) is 12.0 Å². The van der Waals surface area contributed by atoms with Crippen LogP contribution in [0.25, 0.3) is 0 Å². The Hall–Kier alpha value is -2.06. The average Bonchev–Trinajstić information content (AvgIpc) is 3.16. The second-order valence-corrected chi connectivity index (χ2v) is 7.80. The lowest BCUT2D eigenvalue weighted by Gasteiger charge is -2.39. The summed E-state index contributed by atoms with van der Waals surface area (Å²) in [7, 11) is 0. The Morgan fingerprint density at radius 1 is 1.35 bits per heavy atom. The highest BCUT2D eigenvalue weighted by Gasteiger charge is 2.40. The monoisotopic (exact) mass is 355 g/mol. The van der Waals surface area contributed by atoms with E-state index in [4.69, 9.17) is 5.11 Å². The van der Waals surface area contributed by atoms with Crippen LogP contribution in [-0.2, 0) is 5.41 Å². The average molecular weight is 355 g/mol. The third-order valence-electron chi connectivity index (χ3n) is 6.44. The van der Waals surface area contributed by atoms with Gasteiger partial charge in [0.15, 0.2) is 0 Å². The van der Waals surface area contributed by atoms with Gasteiger partial charge in [-0.15, -0.1) is 0 Å². The molecule has 1 aromatic carbocycles. The number of benzene rings is 1. The predicted octanol–water partition coefficient (Wildman–Crippen LogP) is 3.76. The Balaban J connectivity index is 1.59. The van der Waals surface area contributed by atoms with Gasteiger partial charge in [0.2, 0.25) is 0 Å². The van der Waals surface area contributed by atoms with E-state index in [0.717, 1.165) is 57.2 Å². The van der Waals surface area contributed by atoms with Crippen LogP contribution in [0.5, 0.6) is 0 Å². The van der Waals surface area contributed by atoms with E-state index in [2.05, 4.69) is 28.4 Å². The first kappa shape index (κ1) is 18.7. The van der Waals surface area contributed by atoms with Crippen molar-refractivity contribution in [1.82, 2.24) is 10.2 Å². The molecular formula is C21H29N3O2. The molecule has 2 aliphatic rings. The van der Waals surface area contributed by atoms with Crippen molar-refractivity contribution in [3.63, 3.8) is 0 Å². The number of hydrogen-bond acceptors (Lipinski definition) is 3. The predicted molar refractivity (Wildman–Crippen MR) is 101 cm³/mol. The molecule has 1 heterocycles. The molecule has 2 N–H and O–H groups in total. The second-order valence-electron chi connectivity index (χ2n) is 7.80. The minimum absolute atomic E-state index is 0.0450. The Morgan fingerprint density at radius 2 is 2.04 bits per heavy atom. The summed E-state index contributed by atoms with van der Waals surface area (Å²) in [4.78, 5) is 13.5. The van der Waals surface area contributed by atoms with Crippen molar-refractivity contribution in [3.05, 3.63) is 35.9 Å². The van der Waals surface area contributed by atoms with Gasteiger partial charge in [-0.1, -0.05) is 37.3 Å². The SMILES string of the molecule is CCC(NC(=O)O)[C@@H]1CCN(C2CCC(C#N)(c3ccccc3)CC2)C1. The molecule has 1 saturated heterocycles.